The van der Waals surface area contributed by atoms with Gasteiger partial charge >= 0.3 is 6.18 Å². The molecule has 31 heavy (non-hydrogen) atoms. The molecule has 1 atom stereocenters. The third-order valence-corrected chi connectivity index (χ3v) is 7.26. The molecule has 1 fully saturated rings. The average Bonchev–Trinajstić information content (AvgIpc) is 2.73. The van der Waals surface area contributed by atoms with E-state index in [0.717, 1.165) is 24.3 Å². The Kier molecular flexibility index (Phi) is 6.70. The Hall–Kier alpha value is -2.46. The molecule has 1 N–H and O–H groups in total. The fraction of sp³-hybridized carbons (Fsp3) is 0.381. The number of hydrogen-bond donors (Lipinski definition) is 1. The first kappa shape index (κ1) is 23.2. The van der Waals surface area contributed by atoms with Gasteiger partial charge in [-0.15, -0.1) is 0 Å². The summed E-state index contributed by atoms with van der Waals surface area (Å²) in [5.74, 6) is -1.32. The molecule has 3 rings (SSSR count). The first-order valence-corrected chi connectivity index (χ1v) is 11.2. The minimum absolute atomic E-state index is 0.0185. The molecule has 0 spiro atoms. The highest BCUT2D eigenvalue weighted by molar-refractivity contribution is 7.89. The molecule has 2 aromatic carbocycles. The number of alkyl halides is 3. The van der Waals surface area contributed by atoms with E-state index in [1.54, 1.807) is 6.92 Å². The zero-order chi connectivity index (χ0) is 22.8. The van der Waals surface area contributed by atoms with E-state index in [1.807, 2.05) is 0 Å². The molecule has 168 valence electrons. The van der Waals surface area contributed by atoms with Gasteiger partial charge in [0, 0.05) is 19.0 Å². The van der Waals surface area contributed by atoms with Gasteiger partial charge < -0.3 is 5.32 Å². The topological polar surface area (TPSA) is 66.5 Å². The molecule has 0 bridgehead atoms. The molecule has 1 amide bonds. The van der Waals surface area contributed by atoms with Crippen LogP contribution in [-0.4, -0.2) is 31.7 Å². The van der Waals surface area contributed by atoms with Crippen molar-refractivity contribution in [1.82, 2.24) is 9.62 Å². The van der Waals surface area contributed by atoms with E-state index in [4.69, 9.17) is 0 Å². The molecule has 0 radical (unpaired) electrons. The van der Waals surface area contributed by atoms with Crippen LogP contribution in [0.1, 0.15) is 36.9 Å². The molecule has 0 aromatic heterocycles. The number of sulfonamides is 1. The van der Waals surface area contributed by atoms with Crippen LogP contribution in [0.15, 0.2) is 53.4 Å². The van der Waals surface area contributed by atoms with E-state index in [-0.39, 0.29) is 36.7 Å². The van der Waals surface area contributed by atoms with Crippen molar-refractivity contribution in [2.75, 3.05) is 13.1 Å². The largest absolute Gasteiger partial charge is 0.416 e. The van der Waals surface area contributed by atoms with E-state index in [9.17, 15) is 30.8 Å². The van der Waals surface area contributed by atoms with Crippen LogP contribution in [0.2, 0.25) is 0 Å². The Morgan fingerprint density at radius 1 is 1.10 bits per heavy atom. The van der Waals surface area contributed by atoms with Crippen LogP contribution in [0.3, 0.4) is 0 Å². The molecular weight excluding hydrogens is 436 g/mol. The third kappa shape index (κ3) is 5.43. The van der Waals surface area contributed by atoms with Crippen molar-refractivity contribution in [3.63, 3.8) is 0 Å². The normalized spacial score (nSPS) is 17.3. The predicted octanol–water partition coefficient (Wildman–Crippen LogP) is 4.12. The van der Waals surface area contributed by atoms with Crippen molar-refractivity contribution in [2.24, 2.45) is 5.92 Å². The molecule has 2 aromatic rings. The van der Waals surface area contributed by atoms with E-state index < -0.39 is 39.5 Å². The lowest BCUT2D eigenvalue weighted by molar-refractivity contribution is -0.137. The van der Waals surface area contributed by atoms with Gasteiger partial charge in [-0.3, -0.25) is 4.79 Å². The summed E-state index contributed by atoms with van der Waals surface area (Å²) in [7, 11) is -3.78. The number of benzene rings is 2. The standard InChI is InChI=1S/C21H22F4N2O3S/c1-14(16-3-2-4-17(13-16)21(23,24)25)26-20(28)15-9-11-27(12-10-15)31(29,30)19-7-5-18(22)6-8-19/h2-8,13-15H,9-12H2,1H3,(H,26,28)/t14-/m1/s1. The van der Waals surface area contributed by atoms with E-state index in [2.05, 4.69) is 5.32 Å². The van der Waals surface area contributed by atoms with Gasteiger partial charge in [-0.05, 0) is 61.7 Å². The van der Waals surface area contributed by atoms with Gasteiger partial charge in [-0.1, -0.05) is 12.1 Å². The Bertz CT molecular complexity index is 1030. The zero-order valence-corrected chi connectivity index (χ0v) is 17.5. The number of amides is 1. The Labute approximate surface area is 178 Å². The zero-order valence-electron chi connectivity index (χ0n) is 16.7. The average molecular weight is 458 g/mol. The summed E-state index contributed by atoms with van der Waals surface area (Å²) in [6, 6.07) is 8.68. The minimum atomic E-state index is -4.47. The fourth-order valence-electron chi connectivity index (χ4n) is 3.51. The Morgan fingerprint density at radius 3 is 2.29 bits per heavy atom. The van der Waals surface area contributed by atoms with Crippen LogP contribution in [-0.2, 0) is 21.0 Å². The molecule has 1 saturated heterocycles. The first-order chi connectivity index (χ1) is 14.5. The fourth-order valence-corrected chi connectivity index (χ4v) is 4.98. The number of carbonyl (C=O) groups excluding carboxylic acids is 1. The lowest BCUT2D eigenvalue weighted by atomic mass is 9.96. The highest BCUT2D eigenvalue weighted by Gasteiger charge is 2.33. The maximum Gasteiger partial charge on any atom is 0.416 e. The van der Waals surface area contributed by atoms with Gasteiger partial charge in [0.15, 0.2) is 0 Å². The van der Waals surface area contributed by atoms with Crippen molar-refractivity contribution < 1.29 is 30.8 Å². The summed E-state index contributed by atoms with van der Waals surface area (Å²) >= 11 is 0. The molecule has 1 aliphatic rings. The van der Waals surface area contributed by atoms with Gasteiger partial charge in [-0.25, -0.2) is 12.8 Å². The second-order valence-corrected chi connectivity index (χ2v) is 9.42. The van der Waals surface area contributed by atoms with Crippen molar-refractivity contribution in [3.05, 3.63) is 65.5 Å². The van der Waals surface area contributed by atoms with Crippen molar-refractivity contribution >= 4 is 15.9 Å². The minimum Gasteiger partial charge on any atom is -0.349 e. The van der Waals surface area contributed by atoms with Crippen LogP contribution in [0.4, 0.5) is 17.6 Å². The number of piperidine rings is 1. The number of halogens is 4. The molecule has 0 aliphatic carbocycles. The Balaban J connectivity index is 1.60. The molecule has 0 saturated carbocycles. The smallest absolute Gasteiger partial charge is 0.349 e. The number of carbonyl (C=O) groups is 1. The summed E-state index contributed by atoms with van der Waals surface area (Å²) in [6.45, 7) is 1.84. The summed E-state index contributed by atoms with van der Waals surface area (Å²) in [4.78, 5) is 12.6. The van der Waals surface area contributed by atoms with Gasteiger partial charge in [-0.2, -0.15) is 17.5 Å². The second kappa shape index (κ2) is 8.96. The lowest BCUT2D eigenvalue weighted by Crippen LogP contribution is -2.43. The summed E-state index contributed by atoms with van der Waals surface area (Å²) in [6.07, 6.45) is -3.91. The van der Waals surface area contributed by atoms with Crippen molar-refractivity contribution in [1.29, 1.82) is 0 Å². The number of rotatable bonds is 5. The summed E-state index contributed by atoms with van der Waals surface area (Å²) in [5.41, 5.74) is -0.454. The third-order valence-electron chi connectivity index (χ3n) is 5.35. The second-order valence-electron chi connectivity index (χ2n) is 7.49. The van der Waals surface area contributed by atoms with E-state index >= 15 is 0 Å². The number of hydrogen-bond acceptors (Lipinski definition) is 3. The molecule has 10 heteroatoms. The maximum absolute atomic E-state index is 13.1. The first-order valence-electron chi connectivity index (χ1n) is 9.72. The number of nitrogens with one attached hydrogen (secondary N) is 1. The van der Waals surface area contributed by atoms with E-state index in [0.29, 0.717) is 5.56 Å². The van der Waals surface area contributed by atoms with Crippen LogP contribution in [0, 0.1) is 11.7 Å². The molecule has 1 heterocycles. The highest BCUT2D eigenvalue weighted by atomic mass is 32.2. The van der Waals surface area contributed by atoms with Gasteiger partial charge in [0.1, 0.15) is 5.82 Å². The molecule has 5 nitrogen and oxygen atoms in total. The quantitative estimate of drug-likeness (QED) is 0.686. The highest BCUT2D eigenvalue weighted by Crippen LogP contribution is 2.31. The number of nitrogens with zero attached hydrogens (tertiary/aromatic N) is 1. The van der Waals surface area contributed by atoms with Crippen molar-refractivity contribution in [3.8, 4) is 0 Å². The van der Waals surface area contributed by atoms with Gasteiger partial charge in [0.05, 0.1) is 16.5 Å². The van der Waals surface area contributed by atoms with Crippen LogP contribution in [0.25, 0.3) is 0 Å². The van der Waals surface area contributed by atoms with E-state index in [1.165, 1.54) is 28.6 Å². The maximum atomic E-state index is 13.1. The lowest BCUT2D eigenvalue weighted by Gasteiger charge is -2.31. The molecule has 1 aliphatic heterocycles. The van der Waals surface area contributed by atoms with Crippen LogP contribution >= 0.6 is 0 Å². The Morgan fingerprint density at radius 2 is 1.71 bits per heavy atom. The van der Waals surface area contributed by atoms with Crippen LogP contribution in [0.5, 0.6) is 0 Å². The monoisotopic (exact) mass is 458 g/mol. The summed E-state index contributed by atoms with van der Waals surface area (Å²) < 4.78 is 78.3. The van der Waals surface area contributed by atoms with Crippen molar-refractivity contribution in [2.45, 2.75) is 36.9 Å². The predicted molar refractivity (Wildman–Crippen MR) is 106 cm³/mol. The SMILES string of the molecule is C[C@@H](NC(=O)C1CCN(S(=O)(=O)c2ccc(F)cc2)CC1)c1cccc(C(F)(F)F)c1. The molecule has 0 unspecified atom stereocenters. The molecular formula is C21H22F4N2O3S. The van der Waals surface area contributed by atoms with Gasteiger partial charge in [0.2, 0.25) is 15.9 Å². The van der Waals surface area contributed by atoms with Crippen LogP contribution < -0.4 is 5.32 Å². The summed E-state index contributed by atoms with van der Waals surface area (Å²) in [5, 5.41) is 2.72. The van der Waals surface area contributed by atoms with Gasteiger partial charge in [0.25, 0.3) is 0 Å².